The molecule has 49 heavy (non-hydrogen) atoms. The van der Waals surface area contributed by atoms with Crippen molar-refractivity contribution in [2.24, 2.45) is 0 Å². The second-order valence-electron chi connectivity index (χ2n) is 11.5. The molecule has 14 heteroatoms. The molecule has 7 rings (SSSR count). The van der Waals surface area contributed by atoms with Crippen molar-refractivity contribution in [3.63, 3.8) is 0 Å². The number of hydrogen-bond donors (Lipinski definition) is 1. The third-order valence-corrected chi connectivity index (χ3v) is 8.24. The van der Waals surface area contributed by atoms with Gasteiger partial charge >= 0.3 is 0 Å². The Morgan fingerprint density at radius 2 is 1.73 bits per heavy atom. The molecule has 0 aliphatic carbocycles. The Balaban J connectivity index is 1.16. The van der Waals surface area contributed by atoms with Gasteiger partial charge in [0.15, 0.2) is 28.8 Å². The van der Waals surface area contributed by atoms with Gasteiger partial charge in [0.05, 0.1) is 13.7 Å². The molecule has 0 radical (unpaired) electrons. The number of pyridine rings is 2. The summed E-state index contributed by atoms with van der Waals surface area (Å²) < 4.78 is 29.9. The Bertz CT molecular complexity index is 2180. The molecule has 1 aliphatic rings. The average molecular weight is 662 g/mol. The maximum absolute atomic E-state index is 15.6. The molecule has 5 heterocycles. The van der Waals surface area contributed by atoms with Gasteiger partial charge in [0, 0.05) is 62.6 Å². The fourth-order valence-corrected chi connectivity index (χ4v) is 5.60. The van der Waals surface area contributed by atoms with Crippen LogP contribution in [-0.4, -0.2) is 80.7 Å². The van der Waals surface area contributed by atoms with Crippen LogP contribution in [0.2, 0.25) is 0 Å². The smallest absolute Gasteiger partial charge is 0.285 e. The monoisotopic (exact) mass is 661 g/mol. The molecular formula is C35H32FN9O4. The number of benzene rings is 2. The summed E-state index contributed by atoms with van der Waals surface area (Å²) in [6, 6.07) is 19.8. The Hall–Kier alpha value is -6.15. The number of likely N-dealkylation sites (N-methyl/N-ethyl adjacent to an activating group) is 1. The molecule has 0 spiro atoms. The summed E-state index contributed by atoms with van der Waals surface area (Å²) in [5.41, 5.74) is 0.906. The van der Waals surface area contributed by atoms with Crippen LogP contribution in [0.25, 0.3) is 16.9 Å². The Morgan fingerprint density at radius 1 is 0.918 bits per heavy atom. The van der Waals surface area contributed by atoms with Crippen molar-refractivity contribution in [2.45, 2.75) is 6.54 Å². The number of anilines is 2. The zero-order valence-electron chi connectivity index (χ0n) is 26.8. The van der Waals surface area contributed by atoms with E-state index in [-0.39, 0.29) is 22.8 Å². The molecule has 0 atom stereocenters. The van der Waals surface area contributed by atoms with Gasteiger partial charge in [-0.25, -0.2) is 19.0 Å². The van der Waals surface area contributed by atoms with Crippen LogP contribution >= 0.6 is 0 Å². The summed E-state index contributed by atoms with van der Waals surface area (Å²) in [5.74, 6) is 0.633. The number of fused-ring (bicyclic) bond motifs is 1. The summed E-state index contributed by atoms with van der Waals surface area (Å²) in [6.07, 6.45) is 4.45. The number of hydrogen-bond acceptors (Lipinski definition) is 10. The molecule has 4 aromatic heterocycles. The minimum atomic E-state index is -0.720. The fraction of sp³-hybridized carbons (Fsp3) is 0.200. The molecule has 6 aromatic rings. The molecular weight excluding hydrogens is 629 g/mol. The predicted molar refractivity (Wildman–Crippen MR) is 181 cm³/mol. The van der Waals surface area contributed by atoms with Crippen LogP contribution in [0.15, 0.2) is 96.2 Å². The van der Waals surface area contributed by atoms with Crippen molar-refractivity contribution in [1.82, 2.24) is 34.4 Å². The van der Waals surface area contributed by atoms with Gasteiger partial charge in [-0.15, -0.1) is 0 Å². The minimum Gasteiger partial charge on any atom is -0.497 e. The quantitative estimate of drug-likeness (QED) is 0.238. The van der Waals surface area contributed by atoms with Crippen LogP contribution in [0.1, 0.15) is 15.9 Å². The van der Waals surface area contributed by atoms with Crippen molar-refractivity contribution in [3.8, 4) is 23.1 Å². The van der Waals surface area contributed by atoms with E-state index in [4.69, 9.17) is 14.6 Å². The lowest BCUT2D eigenvalue weighted by Gasteiger charge is -2.32. The number of halogens is 1. The highest BCUT2D eigenvalue weighted by atomic mass is 19.1. The maximum Gasteiger partial charge on any atom is 0.285 e. The summed E-state index contributed by atoms with van der Waals surface area (Å²) in [4.78, 5) is 39.3. The zero-order chi connectivity index (χ0) is 33.9. The van der Waals surface area contributed by atoms with Gasteiger partial charge in [0.1, 0.15) is 22.4 Å². The molecule has 1 aliphatic heterocycles. The second kappa shape index (κ2) is 13.5. The SMILES string of the molecule is COc1ccc(Cn2nc(N3CCN(C)CC3)c3c(Oc4ccc(NC(=O)c5ccnn(-c6ccccn6)c5=O)cc4F)ccnc32)cc1. The minimum absolute atomic E-state index is 0.0563. The van der Waals surface area contributed by atoms with E-state index in [9.17, 15) is 9.59 Å². The van der Waals surface area contributed by atoms with Gasteiger partial charge in [-0.1, -0.05) is 18.2 Å². The molecule has 1 saturated heterocycles. The van der Waals surface area contributed by atoms with Gasteiger partial charge in [-0.05, 0) is 55.1 Å². The highest BCUT2D eigenvalue weighted by Gasteiger charge is 2.25. The van der Waals surface area contributed by atoms with E-state index in [1.165, 1.54) is 30.6 Å². The summed E-state index contributed by atoms with van der Waals surface area (Å²) >= 11 is 0. The van der Waals surface area contributed by atoms with E-state index in [0.29, 0.717) is 29.1 Å². The number of nitrogens with zero attached hydrogens (tertiary/aromatic N) is 8. The summed E-state index contributed by atoms with van der Waals surface area (Å²) in [7, 11) is 3.71. The van der Waals surface area contributed by atoms with Gasteiger partial charge in [0.25, 0.3) is 11.5 Å². The predicted octanol–water partition coefficient (Wildman–Crippen LogP) is 4.36. The number of carbonyl (C=O) groups is 1. The van der Waals surface area contributed by atoms with Gasteiger partial charge < -0.3 is 24.6 Å². The van der Waals surface area contributed by atoms with E-state index in [1.54, 1.807) is 37.6 Å². The first kappa shape index (κ1) is 31.4. The number of nitrogens with one attached hydrogen (secondary N) is 1. The van der Waals surface area contributed by atoms with Crippen molar-refractivity contribution in [2.75, 3.05) is 50.6 Å². The van der Waals surface area contributed by atoms with Crippen molar-refractivity contribution in [1.29, 1.82) is 0 Å². The number of piperazine rings is 1. The van der Waals surface area contributed by atoms with Crippen molar-refractivity contribution < 1.29 is 18.7 Å². The highest BCUT2D eigenvalue weighted by molar-refractivity contribution is 6.04. The number of aromatic nitrogens is 6. The largest absolute Gasteiger partial charge is 0.497 e. The van der Waals surface area contributed by atoms with Crippen molar-refractivity contribution in [3.05, 3.63) is 119 Å². The van der Waals surface area contributed by atoms with Crippen LogP contribution in [-0.2, 0) is 6.54 Å². The molecule has 2 aromatic carbocycles. The van der Waals surface area contributed by atoms with E-state index >= 15 is 4.39 Å². The molecule has 1 amide bonds. The van der Waals surface area contributed by atoms with Gasteiger partial charge in [-0.3, -0.25) is 9.59 Å². The van der Waals surface area contributed by atoms with Crippen LogP contribution in [0.5, 0.6) is 17.2 Å². The van der Waals surface area contributed by atoms with Gasteiger partial charge in [0.2, 0.25) is 0 Å². The summed E-state index contributed by atoms with van der Waals surface area (Å²) in [5, 5.41) is 12.3. The maximum atomic E-state index is 15.6. The molecule has 1 fully saturated rings. The van der Waals surface area contributed by atoms with E-state index < -0.39 is 17.3 Å². The standard InChI is InChI=1S/C35H32FN9O4/c1-42-17-19-43(20-18-42)33-31-29(13-15-38-32(31)44(41-33)22-23-6-9-25(48-2)10-7-23)49-28-11-8-24(21-27(28)36)40-34(46)26-12-16-39-45(35(26)47)30-5-3-4-14-37-30/h3-16,21H,17-20,22H2,1-2H3,(H,40,46). The topological polar surface area (TPSA) is 133 Å². The molecule has 13 nitrogen and oxygen atoms in total. The first-order valence-electron chi connectivity index (χ1n) is 15.6. The van der Waals surface area contributed by atoms with Gasteiger partial charge in [-0.2, -0.15) is 14.9 Å². The number of rotatable bonds is 9. The van der Waals surface area contributed by atoms with E-state index in [2.05, 4.69) is 37.2 Å². The molecule has 0 bridgehead atoms. The normalized spacial score (nSPS) is 13.4. The number of ether oxygens (including phenoxy) is 2. The molecule has 0 saturated carbocycles. The van der Waals surface area contributed by atoms with Crippen LogP contribution in [0.4, 0.5) is 15.9 Å². The number of carbonyl (C=O) groups excluding carboxylic acids is 1. The van der Waals surface area contributed by atoms with Crippen LogP contribution in [0.3, 0.4) is 0 Å². The lowest BCUT2D eigenvalue weighted by Crippen LogP contribution is -2.44. The Labute approximate surface area is 280 Å². The highest BCUT2D eigenvalue weighted by Crippen LogP contribution is 2.37. The fourth-order valence-electron chi connectivity index (χ4n) is 5.60. The molecule has 1 N–H and O–H groups in total. The molecule has 248 valence electrons. The molecule has 0 unspecified atom stereocenters. The van der Waals surface area contributed by atoms with Crippen LogP contribution < -0.4 is 25.2 Å². The zero-order valence-corrected chi connectivity index (χ0v) is 26.8. The second-order valence-corrected chi connectivity index (χ2v) is 11.5. The number of amides is 1. The third kappa shape index (κ3) is 6.53. The summed E-state index contributed by atoms with van der Waals surface area (Å²) in [6.45, 7) is 3.69. The van der Waals surface area contributed by atoms with Crippen molar-refractivity contribution >= 4 is 28.4 Å². The average Bonchev–Trinajstić information content (AvgIpc) is 3.49. The first-order valence-corrected chi connectivity index (χ1v) is 15.6. The van der Waals surface area contributed by atoms with E-state index in [0.717, 1.165) is 48.2 Å². The van der Waals surface area contributed by atoms with E-state index in [1.807, 2.05) is 28.9 Å². The third-order valence-electron chi connectivity index (χ3n) is 8.24. The Morgan fingerprint density at radius 3 is 2.47 bits per heavy atom. The van der Waals surface area contributed by atoms with Crippen LogP contribution in [0, 0.1) is 5.82 Å². The number of methoxy groups -OCH3 is 1. The lowest BCUT2D eigenvalue weighted by atomic mass is 10.2. The Kier molecular flexibility index (Phi) is 8.68. The first-order chi connectivity index (χ1) is 23.9. The lowest BCUT2D eigenvalue weighted by molar-refractivity contribution is 0.102.